The van der Waals surface area contributed by atoms with Gasteiger partial charge in [0.05, 0.1) is 25.1 Å². The molecule has 0 unspecified atom stereocenters. The number of rotatable bonds is 4. The molecule has 0 saturated carbocycles. The summed E-state index contributed by atoms with van der Waals surface area (Å²) in [5.41, 5.74) is 2.50. The van der Waals surface area contributed by atoms with Gasteiger partial charge in [-0.1, -0.05) is 0 Å². The molecule has 1 N–H and O–H groups in total. The van der Waals surface area contributed by atoms with Gasteiger partial charge in [-0.05, 0) is 20.0 Å². The average Bonchev–Trinajstić information content (AvgIpc) is 2.59. The lowest BCUT2D eigenvalue weighted by molar-refractivity contribution is 0.147. The van der Waals surface area contributed by atoms with Gasteiger partial charge < -0.3 is 19.4 Å². The van der Waals surface area contributed by atoms with Crippen LogP contribution in [0, 0.1) is 6.92 Å². The second-order valence-electron chi connectivity index (χ2n) is 6.39. The SMILES string of the molecule is COc1cc(OC)c2[nH]c(C)c(CN3CCN(C)CC3)c(=O)c2c1. The number of methoxy groups -OCH3 is 2. The molecule has 1 aliphatic rings. The predicted molar refractivity (Wildman–Crippen MR) is 95.2 cm³/mol. The predicted octanol–water partition coefficient (Wildman–Crippen LogP) is 1.60. The smallest absolute Gasteiger partial charge is 0.194 e. The zero-order valence-electron chi connectivity index (χ0n) is 14.8. The molecule has 2 heterocycles. The Morgan fingerprint density at radius 1 is 1.12 bits per heavy atom. The van der Waals surface area contributed by atoms with Gasteiger partial charge >= 0.3 is 0 Å². The molecular weight excluding hydrogens is 306 g/mol. The van der Waals surface area contributed by atoms with E-state index in [2.05, 4.69) is 21.8 Å². The Labute approximate surface area is 142 Å². The minimum absolute atomic E-state index is 0.0531. The maximum Gasteiger partial charge on any atom is 0.194 e. The van der Waals surface area contributed by atoms with E-state index in [9.17, 15) is 4.79 Å². The highest BCUT2D eigenvalue weighted by Crippen LogP contribution is 2.29. The second kappa shape index (κ2) is 6.83. The van der Waals surface area contributed by atoms with Crippen molar-refractivity contribution in [1.29, 1.82) is 0 Å². The van der Waals surface area contributed by atoms with Crippen LogP contribution >= 0.6 is 0 Å². The van der Waals surface area contributed by atoms with Gasteiger partial charge in [-0.3, -0.25) is 9.69 Å². The number of nitrogens with zero attached hydrogens (tertiary/aromatic N) is 2. The number of hydrogen-bond acceptors (Lipinski definition) is 5. The first-order valence-corrected chi connectivity index (χ1v) is 8.22. The second-order valence-corrected chi connectivity index (χ2v) is 6.39. The number of H-pyrrole nitrogens is 1. The van der Waals surface area contributed by atoms with Gasteiger partial charge in [0.25, 0.3) is 0 Å². The summed E-state index contributed by atoms with van der Waals surface area (Å²) in [5, 5.41) is 0.612. The van der Waals surface area contributed by atoms with Crippen LogP contribution in [0.4, 0.5) is 0 Å². The van der Waals surface area contributed by atoms with Crippen LogP contribution in [0.5, 0.6) is 11.5 Å². The number of likely N-dealkylation sites (N-methyl/N-ethyl adjacent to an activating group) is 1. The fourth-order valence-corrected chi connectivity index (χ4v) is 3.19. The molecule has 130 valence electrons. The molecule has 6 nitrogen and oxygen atoms in total. The van der Waals surface area contributed by atoms with Crippen LogP contribution in [-0.2, 0) is 6.54 Å². The Hall–Kier alpha value is -2.05. The zero-order chi connectivity index (χ0) is 17.3. The van der Waals surface area contributed by atoms with Gasteiger partial charge in [-0.2, -0.15) is 0 Å². The molecule has 6 heteroatoms. The van der Waals surface area contributed by atoms with Crippen molar-refractivity contribution in [1.82, 2.24) is 14.8 Å². The molecule has 2 aromatic rings. The highest BCUT2D eigenvalue weighted by molar-refractivity contribution is 5.86. The maximum atomic E-state index is 13.1. The summed E-state index contributed by atoms with van der Waals surface area (Å²) >= 11 is 0. The fraction of sp³-hybridized carbons (Fsp3) is 0.500. The Kier molecular flexibility index (Phi) is 4.78. The van der Waals surface area contributed by atoms with Crippen LogP contribution in [0.3, 0.4) is 0 Å². The number of fused-ring (bicyclic) bond motifs is 1. The van der Waals surface area contributed by atoms with Gasteiger partial charge in [0.15, 0.2) is 5.43 Å². The summed E-state index contributed by atoms with van der Waals surface area (Å²) in [4.78, 5) is 21.0. The molecule has 0 radical (unpaired) electrons. The quantitative estimate of drug-likeness (QED) is 0.922. The van der Waals surface area contributed by atoms with E-state index in [0.717, 1.165) is 43.0 Å². The zero-order valence-corrected chi connectivity index (χ0v) is 14.8. The number of pyridine rings is 1. The van der Waals surface area contributed by atoms with Gasteiger partial charge in [-0.25, -0.2) is 0 Å². The number of hydrogen-bond donors (Lipinski definition) is 1. The molecule has 0 spiro atoms. The lowest BCUT2D eigenvalue weighted by atomic mass is 10.1. The Balaban J connectivity index is 2.04. The molecule has 1 fully saturated rings. The summed E-state index contributed by atoms with van der Waals surface area (Å²) in [6, 6.07) is 3.57. The number of nitrogens with one attached hydrogen (secondary N) is 1. The first kappa shape index (κ1) is 16.8. The molecule has 3 rings (SSSR count). The maximum absolute atomic E-state index is 13.1. The monoisotopic (exact) mass is 331 g/mol. The van der Waals surface area contributed by atoms with E-state index in [4.69, 9.17) is 9.47 Å². The lowest BCUT2D eigenvalue weighted by Crippen LogP contribution is -2.44. The average molecular weight is 331 g/mol. The van der Waals surface area contributed by atoms with E-state index in [-0.39, 0.29) is 5.43 Å². The van der Waals surface area contributed by atoms with Gasteiger partial charge in [-0.15, -0.1) is 0 Å². The van der Waals surface area contributed by atoms with E-state index >= 15 is 0 Å². The minimum Gasteiger partial charge on any atom is -0.497 e. The number of ether oxygens (including phenoxy) is 2. The Bertz CT molecular complexity index is 792. The van der Waals surface area contributed by atoms with Gasteiger partial charge in [0.2, 0.25) is 0 Å². The lowest BCUT2D eigenvalue weighted by Gasteiger charge is -2.32. The van der Waals surface area contributed by atoms with Crippen LogP contribution in [0.15, 0.2) is 16.9 Å². The first-order chi connectivity index (χ1) is 11.5. The highest BCUT2D eigenvalue weighted by Gasteiger charge is 2.19. The molecular formula is C18H25N3O3. The summed E-state index contributed by atoms with van der Waals surface area (Å²) < 4.78 is 10.7. The third-order valence-corrected chi connectivity index (χ3v) is 4.79. The molecule has 0 bridgehead atoms. The van der Waals surface area contributed by atoms with Crippen molar-refractivity contribution in [3.05, 3.63) is 33.6 Å². The van der Waals surface area contributed by atoms with Crippen molar-refractivity contribution < 1.29 is 9.47 Å². The van der Waals surface area contributed by atoms with Crippen LogP contribution in [0.25, 0.3) is 10.9 Å². The van der Waals surface area contributed by atoms with Crippen LogP contribution < -0.4 is 14.9 Å². The molecule has 0 aliphatic carbocycles. The molecule has 1 aromatic heterocycles. The van der Waals surface area contributed by atoms with E-state index in [1.54, 1.807) is 26.4 Å². The van der Waals surface area contributed by atoms with Crippen molar-refractivity contribution in [2.75, 3.05) is 47.4 Å². The molecule has 1 aliphatic heterocycles. The van der Waals surface area contributed by atoms with Crippen LogP contribution in [0.1, 0.15) is 11.3 Å². The highest BCUT2D eigenvalue weighted by atomic mass is 16.5. The van der Waals surface area contributed by atoms with Crippen molar-refractivity contribution in [3.63, 3.8) is 0 Å². The Morgan fingerprint density at radius 3 is 2.46 bits per heavy atom. The van der Waals surface area contributed by atoms with Crippen molar-refractivity contribution in [2.24, 2.45) is 0 Å². The largest absolute Gasteiger partial charge is 0.497 e. The van der Waals surface area contributed by atoms with E-state index in [1.807, 2.05) is 6.92 Å². The van der Waals surface area contributed by atoms with E-state index < -0.39 is 0 Å². The van der Waals surface area contributed by atoms with Crippen molar-refractivity contribution >= 4 is 10.9 Å². The minimum atomic E-state index is 0.0531. The van der Waals surface area contributed by atoms with Gasteiger partial charge in [0.1, 0.15) is 11.5 Å². The van der Waals surface area contributed by atoms with Crippen molar-refractivity contribution in [2.45, 2.75) is 13.5 Å². The number of piperazine rings is 1. The topological polar surface area (TPSA) is 57.8 Å². The number of aromatic amines is 1. The van der Waals surface area contributed by atoms with E-state index in [0.29, 0.717) is 23.4 Å². The third kappa shape index (κ3) is 3.12. The summed E-state index contributed by atoms with van der Waals surface area (Å²) in [7, 11) is 5.32. The Morgan fingerprint density at radius 2 is 1.83 bits per heavy atom. The molecule has 1 saturated heterocycles. The number of benzene rings is 1. The normalized spacial score (nSPS) is 16.5. The van der Waals surface area contributed by atoms with E-state index in [1.165, 1.54) is 0 Å². The summed E-state index contributed by atoms with van der Waals surface area (Å²) in [5.74, 6) is 1.25. The molecule has 0 atom stereocenters. The van der Waals surface area contributed by atoms with Crippen LogP contribution in [0.2, 0.25) is 0 Å². The van der Waals surface area contributed by atoms with Crippen LogP contribution in [-0.4, -0.2) is 62.2 Å². The standard InChI is InChI=1S/C18H25N3O3/c1-12-15(11-21-7-5-20(2)6-8-21)18(22)14-9-13(23-3)10-16(24-4)17(14)19-12/h9-10H,5-8,11H2,1-4H3,(H,19,22). The molecule has 0 amide bonds. The molecule has 24 heavy (non-hydrogen) atoms. The van der Waals surface area contributed by atoms with Crippen molar-refractivity contribution in [3.8, 4) is 11.5 Å². The molecule has 1 aromatic carbocycles. The van der Waals surface area contributed by atoms with Gasteiger partial charge in [0, 0.05) is 50.0 Å². The fourth-order valence-electron chi connectivity index (χ4n) is 3.19. The number of aryl methyl sites for hydroxylation is 1. The summed E-state index contributed by atoms with van der Waals surface area (Å²) in [6.45, 7) is 6.66. The third-order valence-electron chi connectivity index (χ3n) is 4.79. The number of aromatic nitrogens is 1. The summed E-state index contributed by atoms with van der Waals surface area (Å²) in [6.07, 6.45) is 0. The first-order valence-electron chi connectivity index (χ1n) is 8.22.